The van der Waals surface area contributed by atoms with E-state index in [0.717, 1.165) is 25.9 Å². The molecule has 1 aromatic carbocycles. The van der Waals surface area contributed by atoms with Crippen LogP contribution in [0.3, 0.4) is 0 Å². The maximum atomic E-state index is 12.8. The van der Waals surface area contributed by atoms with E-state index < -0.39 is 11.6 Å². The lowest BCUT2D eigenvalue weighted by Crippen LogP contribution is -2.46. The van der Waals surface area contributed by atoms with Gasteiger partial charge in [-0.25, -0.2) is 9.78 Å². The summed E-state index contributed by atoms with van der Waals surface area (Å²) in [6, 6.07) is 12.1. The molecular formula is C22H21ClN4O4. The fraction of sp³-hybridized carbons (Fsp3) is 0.318. The highest BCUT2D eigenvalue weighted by Crippen LogP contribution is 2.38. The molecule has 160 valence electrons. The van der Waals surface area contributed by atoms with E-state index in [4.69, 9.17) is 26.4 Å². The van der Waals surface area contributed by atoms with Gasteiger partial charge in [0.15, 0.2) is 5.75 Å². The van der Waals surface area contributed by atoms with Gasteiger partial charge in [-0.3, -0.25) is 4.79 Å². The van der Waals surface area contributed by atoms with Crippen LogP contribution in [0.1, 0.15) is 30.5 Å². The van der Waals surface area contributed by atoms with Crippen molar-refractivity contribution in [3.05, 3.63) is 63.4 Å². The molecule has 0 radical (unpaired) electrons. The Kier molecular flexibility index (Phi) is 5.03. The van der Waals surface area contributed by atoms with Crippen LogP contribution >= 0.6 is 11.6 Å². The number of piperazine rings is 1. The number of hydrogen-bond acceptors (Lipinski definition) is 6. The van der Waals surface area contributed by atoms with E-state index in [1.54, 1.807) is 6.07 Å². The molecule has 1 aliphatic heterocycles. The van der Waals surface area contributed by atoms with Crippen molar-refractivity contribution in [3.63, 3.8) is 0 Å². The number of halogens is 1. The molecule has 8 nitrogen and oxygen atoms in total. The molecule has 1 unspecified atom stereocenters. The molecule has 0 amide bonds. The second-order valence-electron chi connectivity index (χ2n) is 7.86. The Labute approximate surface area is 183 Å². The molecule has 2 fully saturated rings. The summed E-state index contributed by atoms with van der Waals surface area (Å²) in [5, 5.41) is 13.1. The first-order chi connectivity index (χ1) is 15.0. The second-order valence-corrected chi connectivity index (χ2v) is 8.26. The third-order valence-electron chi connectivity index (χ3n) is 5.72. The van der Waals surface area contributed by atoms with Gasteiger partial charge in [0.25, 0.3) is 0 Å². The van der Waals surface area contributed by atoms with Crippen LogP contribution in [0.2, 0.25) is 5.02 Å². The van der Waals surface area contributed by atoms with Crippen LogP contribution in [0.4, 0.5) is 10.6 Å². The third-order valence-corrected chi connectivity index (χ3v) is 6.00. The summed E-state index contributed by atoms with van der Waals surface area (Å²) in [7, 11) is 0. The van der Waals surface area contributed by atoms with Crippen LogP contribution in [-0.2, 0) is 0 Å². The minimum absolute atomic E-state index is 0.139. The number of carboxylic acid groups (broad SMARTS) is 1. The molecule has 0 bridgehead atoms. The standard InChI is InChI=1S/C22H21ClN4O4/c23-16-10-15-19(28)18(31-22(29)30)12-27(14-6-7-14)20(15)25-21(16)26-9-8-24-17(11-26)13-4-2-1-3-5-13/h1-5,10,12,14,17,24H,6-9,11H2,(H,29,30). The van der Waals surface area contributed by atoms with Gasteiger partial charge in [-0.05, 0) is 24.5 Å². The lowest BCUT2D eigenvalue weighted by molar-refractivity contribution is 0.143. The molecular weight excluding hydrogens is 420 g/mol. The first-order valence-electron chi connectivity index (χ1n) is 10.2. The average molecular weight is 441 g/mol. The minimum atomic E-state index is -1.53. The van der Waals surface area contributed by atoms with Gasteiger partial charge >= 0.3 is 6.16 Å². The quantitative estimate of drug-likeness (QED) is 0.598. The Morgan fingerprint density at radius 1 is 1.26 bits per heavy atom. The van der Waals surface area contributed by atoms with Gasteiger partial charge < -0.3 is 24.6 Å². The van der Waals surface area contributed by atoms with Crippen LogP contribution in [0, 0.1) is 0 Å². The lowest BCUT2D eigenvalue weighted by Gasteiger charge is -2.35. The van der Waals surface area contributed by atoms with Crippen LogP contribution in [0.5, 0.6) is 5.75 Å². The Bertz CT molecular complexity index is 1210. The Morgan fingerprint density at radius 3 is 2.74 bits per heavy atom. The van der Waals surface area contributed by atoms with Crippen molar-refractivity contribution < 1.29 is 14.6 Å². The van der Waals surface area contributed by atoms with E-state index in [0.29, 0.717) is 23.0 Å². The SMILES string of the molecule is O=C(O)Oc1cn(C2CC2)c2nc(N3CCNC(c4ccccc4)C3)c(Cl)cc2c1=O. The summed E-state index contributed by atoms with van der Waals surface area (Å²) in [6.07, 6.45) is 1.80. The monoisotopic (exact) mass is 440 g/mol. The van der Waals surface area contributed by atoms with E-state index >= 15 is 0 Å². The van der Waals surface area contributed by atoms with E-state index in [1.807, 2.05) is 22.8 Å². The van der Waals surface area contributed by atoms with Gasteiger partial charge in [-0.15, -0.1) is 0 Å². The minimum Gasteiger partial charge on any atom is -0.449 e. The van der Waals surface area contributed by atoms with Crippen LogP contribution in [0.15, 0.2) is 47.4 Å². The predicted octanol–water partition coefficient (Wildman–Crippen LogP) is 3.59. The lowest BCUT2D eigenvalue weighted by atomic mass is 10.0. The number of nitrogens with zero attached hydrogens (tertiary/aromatic N) is 3. The summed E-state index contributed by atoms with van der Waals surface area (Å²) in [5.74, 6) is 0.390. The molecule has 2 aromatic heterocycles. The molecule has 1 saturated heterocycles. The molecule has 1 aliphatic carbocycles. The van der Waals surface area contributed by atoms with Crippen LogP contribution < -0.4 is 20.4 Å². The maximum Gasteiger partial charge on any atom is 0.511 e. The van der Waals surface area contributed by atoms with Gasteiger partial charge in [0, 0.05) is 31.7 Å². The highest BCUT2D eigenvalue weighted by atomic mass is 35.5. The summed E-state index contributed by atoms with van der Waals surface area (Å²) >= 11 is 6.58. The molecule has 1 saturated carbocycles. The number of rotatable bonds is 4. The van der Waals surface area contributed by atoms with E-state index in [2.05, 4.69) is 22.3 Å². The van der Waals surface area contributed by atoms with Crippen molar-refractivity contribution in [3.8, 4) is 5.75 Å². The molecule has 0 spiro atoms. The Morgan fingerprint density at radius 2 is 2.03 bits per heavy atom. The van der Waals surface area contributed by atoms with Crippen LogP contribution in [-0.4, -0.2) is 40.4 Å². The number of ether oxygens (including phenoxy) is 1. The van der Waals surface area contributed by atoms with Crippen molar-refractivity contribution in [2.45, 2.75) is 24.9 Å². The van der Waals surface area contributed by atoms with Gasteiger partial charge in [0.2, 0.25) is 5.43 Å². The number of fused-ring (bicyclic) bond motifs is 1. The van der Waals surface area contributed by atoms with Gasteiger partial charge in [0.05, 0.1) is 16.6 Å². The second kappa shape index (κ2) is 7.86. The summed E-state index contributed by atoms with van der Waals surface area (Å²) in [4.78, 5) is 30.7. The van der Waals surface area contributed by atoms with Crippen molar-refractivity contribution in [2.24, 2.45) is 0 Å². The molecule has 2 N–H and O–H groups in total. The number of anilines is 1. The first kappa shape index (κ1) is 19.8. The smallest absolute Gasteiger partial charge is 0.449 e. The summed E-state index contributed by atoms with van der Waals surface area (Å²) in [6.45, 7) is 2.20. The van der Waals surface area contributed by atoms with Crippen LogP contribution in [0.25, 0.3) is 11.0 Å². The third kappa shape index (κ3) is 3.84. The number of benzene rings is 1. The molecule has 31 heavy (non-hydrogen) atoms. The fourth-order valence-electron chi connectivity index (χ4n) is 4.08. The van der Waals surface area contributed by atoms with Gasteiger partial charge in [-0.2, -0.15) is 0 Å². The molecule has 3 aromatic rings. The average Bonchev–Trinajstić information content (AvgIpc) is 3.61. The van der Waals surface area contributed by atoms with E-state index in [1.165, 1.54) is 11.8 Å². The summed E-state index contributed by atoms with van der Waals surface area (Å²) < 4.78 is 6.55. The van der Waals surface area contributed by atoms with Gasteiger partial charge in [-0.1, -0.05) is 41.9 Å². The van der Waals surface area contributed by atoms with Gasteiger partial charge in [0.1, 0.15) is 11.5 Å². The normalized spacial score (nSPS) is 18.9. The zero-order valence-electron chi connectivity index (χ0n) is 16.6. The zero-order chi connectivity index (χ0) is 21.5. The highest BCUT2D eigenvalue weighted by molar-refractivity contribution is 6.33. The molecule has 5 rings (SSSR count). The Hall–Kier alpha value is -3.10. The van der Waals surface area contributed by atoms with Crippen molar-refractivity contribution >= 4 is 34.6 Å². The number of nitrogens with one attached hydrogen (secondary N) is 1. The van der Waals surface area contributed by atoms with E-state index in [9.17, 15) is 9.59 Å². The van der Waals surface area contributed by atoms with Crippen molar-refractivity contribution in [1.82, 2.24) is 14.9 Å². The number of carbonyl (C=O) groups is 1. The van der Waals surface area contributed by atoms with E-state index in [-0.39, 0.29) is 23.2 Å². The number of pyridine rings is 2. The zero-order valence-corrected chi connectivity index (χ0v) is 17.4. The predicted molar refractivity (Wildman–Crippen MR) is 117 cm³/mol. The molecule has 3 heterocycles. The number of hydrogen-bond donors (Lipinski definition) is 2. The summed E-state index contributed by atoms with van der Waals surface area (Å²) in [5.41, 5.74) is 1.16. The number of aromatic nitrogens is 2. The highest BCUT2D eigenvalue weighted by Gasteiger charge is 2.29. The largest absolute Gasteiger partial charge is 0.511 e. The first-order valence-corrected chi connectivity index (χ1v) is 10.6. The maximum absolute atomic E-state index is 12.8. The van der Waals surface area contributed by atoms with Crippen molar-refractivity contribution in [2.75, 3.05) is 24.5 Å². The molecule has 9 heteroatoms. The fourth-order valence-corrected chi connectivity index (χ4v) is 4.35. The topological polar surface area (TPSA) is 96.7 Å². The van der Waals surface area contributed by atoms with Crippen molar-refractivity contribution in [1.29, 1.82) is 0 Å². The molecule has 1 atom stereocenters. The Balaban J connectivity index is 1.57. The molecule has 2 aliphatic rings.